The van der Waals surface area contributed by atoms with E-state index >= 15 is 0 Å². The third kappa shape index (κ3) is 3.00. The first-order valence-electron chi connectivity index (χ1n) is 7.17. The van der Waals surface area contributed by atoms with E-state index in [0.29, 0.717) is 11.2 Å². The molecule has 130 valence electrons. The van der Waals surface area contributed by atoms with E-state index in [0.717, 1.165) is 16.8 Å². The van der Waals surface area contributed by atoms with E-state index in [9.17, 15) is 18.0 Å². The maximum absolute atomic E-state index is 13.0. The molecule has 0 aliphatic rings. The summed E-state index contributed by atoms with van der Waals surface area (Å²) < 4.78 is 40.2. The highest BCUT2D eigenvalue weighted by Crippen LogP contribution is 2.35. The Morgan fingerprint density at radius 2 is 1.72 bits per heavy atom. The average Bonchev–Trinajstić information content (AvgIpc) is 2.84. The van der Waals surface area contributed by atoms with Crippen molar-refractivity contribution in [2.24, 2.45) is 0 Å². The van der Waals surface area contributed by atoms with E-state index in [1.165, 1.54) is 19.1 Å². The van der Waals surface area contributed by atoms with Crippen molar-refractivity contribution >= 4 is 40.0 Å². The highest BCUT2D eigenvalue weighted by molar-refractivity contribution is 6.39. The van der Waals surface area contributed by atoms with Gasteiger partial charge in [-0.3, -0.25) is 4.79 Å². The Morgan fingerprint density at radius 1 is 1.12 bits per heavy atom. The van der Waals surface area contributed by atoms with Gasteiger partial charge in [0.2, 0.25) is 0 Å². The molecular formula is C17H11Cl2F3N2O. The molecule has 0 aliphatic heterocycles. The summed E-state index contributed by atoms with van der Waals surface area (Å²) in [7, 11) is 0. The van der Waals surface area contributed by atoms with Gasteiger partial charge in [0, 0.05) is 5.39 Å². The molecule has 0 amide bonds. The molecule has 0 aliphatic carbocycles. The number of carbonyl (C=O) groups is 1. The summed E-state index contributed by atoms with van der Waals surface area (Å²) in [5.41, 5.74) is 0.145. The Labute approximate surface area is 151 Å². The zero-order valence-electron chi connectivity index (χ0n) is 13.1. The molecule has 1 heterocycles. The summed E-state index contributed by atoms with van der Waals surface area (Å²) >= 11 is 12.1. The van der Waals surface area contributed by atoms with Crippen LogP contribution >= 0.6 is 23.2 Å². The molecule has 3 aromatic rings. The molecule has 0 atom stereocenters. The zero-order chi connectivity index (χ0) is 18.5. The van der Waals surface area contributed by atoms with E-state index < -0.39 is 17.6 Å². The van der Waals surface area contributed by atoms with Crippen LogP contribution in [0.25, 0.3) is 10.9 Å². The number of aromatic nitrogens is 2. The normalized spacial score (nSPS) is 12.0. The lowest BCUT2D eigenvalue weighted by molar-refractivity contribution is -0.137. The monoisotopic (exact) mass is 386 g/mol. The average molecular weight is 387 g/mol. The molecule has 0 N–H and O–H groups in total. The van der Waals surface area contributed by atoms with Crippen LogP contribution < -0.4 is 0 Å². The van der Waals surface area contributed by atoms with Crippen molar-refractivity contribution in [3.63, 3.8) is 0 Å². The number of rotatable bonds is 1. The summed E-state index contributed by atoms with van der Waals surface area (Å²) in [5, 5.41) is 4.65. The minimum atomic E-state index is -4.48. The quantitative estimate of drug-likeness (QED) is 0.540. The second-order valence-electron chi connectivity index (χ2n) is 5.59. The van der Waals surface area contributed by atoms with Gasteiger partial charge in [0.15, 0.2) is 0 Å². The number of hydrogen-bond donors (Lipinski definition) is 0. The Morgan fingerprint density at radius 3 is 2.28 bits per heavy atom. The second kappa shape index (κ2) is 6.04. The van der Waals surface area contributed by atoms with Crippen LogP contribution in [0.3, 0.4) is 0 Å². The van der Waals surface area contributed by atoms with Gasteiger partial charge in [-0.25, -0.2) is 0 Å². The smallest absolute Gasteiger partial charge is 0.267 e. The van der Waals surface area contributed by atoms with Crippen molar-refractivity contribution < 1.29 is 18.0 Å². The van der Waals surface area contributed by atoms with Gasteiger partial charge < -0.3 is 0 Å². The van der Waals surface area contributed by atoms with Gasteiger partial charge in [-0.05, 0) is 43.7 Å². The number of carbonyl (C=O) groups excluding carboxylic acids is 1. The Hall–Kier alpha value is -2.05. The highest BCUT2D eigenvalue weighted by Gasteiger charge is 2.32. The molecule has 8 heteroatoms. The fraction of sp³-hybridized carbons (Fsp3) is 0.176. The van der Waals surface area contributed by atoms with Gasteiger partial charge >= 0.3 is 6.18 Å². The van der Waals surface area contributed by atoms with Crippen LogP contribution in [0.4, 0.5) is 13.2 Å². The molecule has 2 aromatic carbocycles. The second-order valence-corrected chi connectivity index (χ2v) is 6.40. The molecule has 0 saturated heterocycles. The van der Waals surface area contributed by atoms with E-state index in [-0.39, 0.29) is 26.6 Å². The number of benzene rings is 2. The fourth-order valence-electron chi connectivity index (χ4n) is 2.71. The van der Waals surface area contributed by atoms with Crippen LogP contribution in [0.2, 0.25) is 10.0 Å². The van der Waals surface area contributed by atoms with Crippen molar-refractivity contribution in [3.05, 3.63) is 62.8 Å². The summed E-state index contributed by atoms with van der Waals surface area (Å²) in [6.45, 7) is 3.04. The minimum Gasteiger partial charge on any atom is -0.267 e. The Balaban J connectivity index is 2.27. The third-order valence-electron chi connectivity index (χ3n) is 3.85. The predicted octanol–water partition coefficient (Wildman–Crippen LogP) is 5.67. The molecule has 0 fully saturated rings. The van der Waals surface area contributed by atoms with Gasteiger partial charge in [0.25, 0.3) is 5.91 Å². The summed E-state index contributed by atoms with van der Waals surface area (Å²) in [4.78, 5) is 12.9. The predicted molar refractivity (Wildman–Crippen MR) is 90.4 cm³/mol. The van der Waals surface area contributed by atoms with Gasteiger partial charge in [0.1, 0.15) is 0 Å². The number of fused-ring (bicyclic) bond motifs is 1. The molecule has 3 rings (SSSR count). The van der Waals surface area contributed by atoms with E-state index in [4.69, 9.17) is 23.2 Å². The van der Waals surface area contributed by atoms with Crippen LogP contribution in [0.15, 0.2) is 30.3 Å². The van der Waals surface area contributed by atoms with E-state index in [1.54, 1.807) is 13.0 Å². The van der Waals surface area contributed by atoms with Crippen molar-refractivity contribution in [2.45, 2.75) is 20.0 Å². The van der Waals surface area contributed by atoms with Crippen molar-refractivity contribution in [2.75, 3.05) is 0 Å². The molecule has 0 radical (unpaired) electrons. The number of nitrogens with zero attached hydrogens (tertiary/aromatic N) is 2. The lowest BCUT2D eigenvalue weighted by Gasteiger charge is -2.11. The molecule has 0 unspecified atom stereocenters. The SMILES string of the molecule is Cc1nn(C(=O)c2c(Cl)cccc2Cl)c2c(C)cc(C(F)(F)F)cc12. The molecule has 25 heavy (non-hydrogen) atoms. The lowest BCUT2D eigenvalue weighted by Crippen LogP contribution is -2.15. The molecule has 0 bridgehead atoms. The Bertz CT molecular complexity index is 989. The highest BCUT2D eigenvalue weighted by atomic mass is 35.5. The third-order valence-corrected chi connectivity index (χ3v) is 4.48. The van der Waals surface area contributed by atoms with E-state index in [2.05, 4.69) is 5.10 Å². The topological polar surface area (TPSA) is 34.9 Å². The van der Waals surface area contributed by atoms with Crippen molar-refractivity contribution in [3.8, 4) is 0 Å². The molecular weight excluding hydrogens is 376 g/mol. The van der Waals surface area contributed by atoms with Crippen molar-refractivity contribution in [1.29, 1.82) is 0 Å². The Kier molecular flexibility index (Phi) is 4.29. The zero-order valence-corrected chi connectivity index (χ0v) is 14.6. The number of aryl methyl sites for hydroxylation is 2. The van der Waals surface area contributed by atoms with Crippen LogP contribution in [0.1, 0.15) is 27.2 Å². The first-order chi connectivity index (χ1) is 11.6. The summed E-state index contributed by atoms with van der Waals surface area (Å²) in [6, 6.07) is 6.58. The van der Waals surface area contributed by atoms with Crippen LogP contribution in [-0.4, -0.2) is 15.7 Å². The van der Waals surface area contributed by atoms with Crippen molar-refractivity contribution in [1.82, 2.24) is 9.78 Å². The minimum absolute atomic E-state index is 0.0505. The number of halogens is 5. The van der Waals surface area contributed by atoms with Gasteiger partial charge in [-0.15, -0.1) is 0 Å². The lowest BCUT2D eigenvalue weighted by atomic mass is 10.1. The van der Waals surface area contributed by atoms with Gasteiger partial charge in [-0.1, -0.05) is 29.3 Å². The molecule has 0 saturated carbocycles. The van der Waals surface area contributed by atoms with E-state index in [1.807, 2.05) is 0 Å². The standard InChI is InChI=1S/C17H11Cl2F3N2O/c1-8-6-10(17(20,21)22)7-11-9(2)23-24(15(8)11)16(25)14-12(18)4-3-5-13(14)19/h3-7H,1-2H3. The van der Waals surface area contributed by atoms with Gasteiger partial charge in [-0.2, -0.15) is 23.0 Å². The van der Waals surface area contributed by atoms with Crippen LogP contribution in [-0.2, 0) is 6.18 Å². The first-order valence-corrected chi connectivity index (χ1v) is 7.92. The summed E-state index contributed by atoms with van der Waals surface area (Å²) in [6.07, 6.45) is -4.48. The van der Waals surface area contributed by atoms with Gasteiger partial charge in [0.05, 0.1) is 32.4 Å². The molecule has 1 aromatic heterocycles. The fourth-order valence-corrected chi connectivity index (χ4v) is 3.27. The maximum atomic E-state index is 13.0. The van der Waals surface area contributed by atoms with Crippen LogP contribution in [0.5, 0.6) is 0 Å². The number of hydrogen-bond acceptors (Lipinski definition) is 2. The summed E-state index contributed by atoms with van der Waals surface area (Å²) in [5.74, 6) is -0.600. The van der Waals surface area contributed by atoms with Crippen LogP contribution in [0, 0.1) is 13.8 Å². The first kappa shape index (κ1) is 17.8. The number of alkyl halides is 3. The molecule has 0 spiro atoms. The maximum Gasteiger partial charge on any atom is 0.416 e. The molecule has 3 nitrogen and oxygen atoms in total. The largest absolute Gasteiger partial charge is 0.416 e.